The summed E-state index contributed by atoms with van der Waals surface area (Å²) >= 11 is 0. The predicted octanol–water partition coefficient (Wildman–Crippen LogP) is 2.35. The Balaban J connectivity index is 2.30. The first kappa shape index (κ1) is 13.1. The van der Waals surface area contributed by atoms with Gasteiger partial charge < -0.3 is 4.74 Å². The average Bonchev–Trinajstić information content (AvgIpc) is 2.46. The van der Waals surface area contributed by atoms with E-state index in [1.54, 1.807) is 7.11 Å². The number of aliphatic imine (C=N–C) groups is 1. The van der Waals surface area contributed by atoms with Gasteiger partial charge in [0.25, 0.3) is 0 Å². The van der Waals surface area contributed by atoms with Gasteiger partial charge >= 0.3 is 0 Å². The van der Waals surface area contributed by atoms with Crippen molar-refractivity contribution >= 4 is 18.5 Å². The Morgan fingerprint density at radius 3 is 2.42 bits per heavy atom. The lowest BCUT2D eigenvalue weighted by molar-refractivity contribution is 0.415. The van der Waals surface area contributed by atoms with Gasteiger partial charge in [0.05, 0.1) is 7.11 Å². The summed E-state index contributed by atoms with van der Waals surface area (Å²) in [5.74, 6) is 0.848. The van der Waals surface area contributed by atoms with Crippen LogP contribution in [0.15, 0.2) is 53.5 Å². The van der Waals surface area contributed by atoms with Gasteiger partial charge in [0.1, 0.15) is 5.75 Å². The number of methoxy groups -OCH3 is 1. The molecule has 2 aromatic carbocycles. The highest BCUT2D eigenvalue weighted by Gasteiger charge is 1.92. The number of rotatable bonds is 3. The third-order valence-corrected chi connectivity index (χ3v) is 2.93. The van der Waals surface area contributed by atoms with Gasteiger partial charge in [-0.15, -0.1) is 0 Å². The summed E-state index contributed by atoms with van der Waals surface area (Å²) in [5.41, 5.74) is 2.00. The van der Waals surface area contributed by atoms with E-state index < -0.39 is 0 Å². The van der Waals surface area contributed by atoms with Gasteiger partial charge in [-0.3, -0.25) is 4.99 Å². The molecular weight excluding hydrogens is 234 g/mol. The highest BCUT2D eigenvalue weighted by atomic mass is 16.5. The molecule has 0 saturated heterocycles. The third kappa shape index (κ3) is 3.32. The van der Waals surface area contributed by atoms with Crippen LogP contribution in [0.3, 0.4) is 0 Å². The molecule has 19 heavy (non-hydrogen) atoms. The number of hydrogen-bond acceptors (Lipinski definition) is 2. The third-order valence-electron chi connectivity index (χ3n) is 2.93. The number of nitrogens with zero attached hydrogens (tertiary/aromatic N) is 1. The summed E-state index contributed by atoms with van der Waals surface area (Å²) in [7, 11) is 1.66. The fraction of sp³-hybridized carbons (Fsp3) is 0.118. The van der Waals surface area contributed by atoms with Crippen LogP contribution >= 0.6 is 0 Å². The molecule has 0 spiro atoms. The molecule has 0 aliphatic rings. The van der Waals surface area contributed by atoms with Crippen molar-refractivity contribution in [2.45, 2.75) is 6.92 Å². The zero-order valence-corrected chi connectivity index (χ0v) is 11.3. The first-order chi connectivity index (χ1) is 9.20. The lowest BCUT2D eigenvalue weighted by Crippen LogP contribution is -2.23. The van der Waals surface area contributed by atoms with E-state index in [1.807, 2.05) is 61.7 Å². The van der Waals surface area contributed by atoms with E-state index >= 15 is 0 Å². The summed E-state index contributed by atoms with van der Waals surface area (Å²) in [5, 5.41) is 2.07. The predicted molar refractivity (Wildman–Crippen MR) is 80.9 cm³/mol. The average molecular weight is 251 g/mol. The minimum absolute atomic E-state index is 0.848. The van der Waals surface area contributed by atoms with E-state index in [9.17, 15) is 0 Å². The van der Waals surface area contributed by atoms with E-state index in [0.29, 0.717) is 0 Å². The van der Waals surface area contributed by atoms with E-state index in [2.05, 4.69) is 11.6 Å². The summed E-state index contributed by atoms with van der Waals surface area (Å²) in [6, 6.07) is 15.8. The number of ether oxygens (including phenoxy) is 1. The van der Waals surface area contributed by atoms with Crippen LogP contribution in [-0.2, 0) is 0 Å². The molecule has 2 nitrogen and oxygen atoms in total. The van der Waals surface area contributed by atoms with Gasteiger partial charge in [-0.1, -0.05) is 30.8 Å². The topological polar surface area (TPSA) is 21.6 Å². The summed E-state index contributed by atoms with van der Waals surface area (Å²) < 4.78 is 5.12. The molecule has 0 aromatic heterocycles. The Labute approximate surface area is 113 Å². The van der Waals surface area contributed by atoms with Gasteiger partial charge in [0, 0.05) is 17.1 Å². The van der Waals surface area contributed by atoms with Crippen molar-refractivity contribution in [3.05, 3.63) is 64.5 Å². The molecule has 2 heteroatoms. The molecule has 96 valence electrons. The standard InChI is InChI=1S/C17H17NO/c1-13-6-4-5-7-17(13)14(2)18-12-15-8-10-16(19-3)11-9-15/h4-12H,1H2,2-3H3/b17-14-,18-12?. The summed E-state index contributed by atoms with van der Waals surface area (Å²) in [4.78, 5) is 4.49. The Bertz CT molecular complexity index is 684. The van der Waals surface area contributed by atoms with Gasteiger partial charge in [-0.2, -0.15) is 0 Å². The molecule has 0 heterocycles. The molecule has 0 bridgehead atoms. The Kier molecular flexibility index (Phi) is 4.14. The molecule has 2 aromatic rings. The van der Waals surface area contributed by atoms with Crippen LogP contribution < -0.4 is 15.2 Å². The molecular formula is C17H17NO. The van der Waals surface area contributed by atoms with Crippen molar-refractivity contribution < 1.29 is 4.74 Å². The Hall–Kier alpha value is -2.35. The van der Waals surface area contributed by atoms with Crippen molar-refractivity contribution in [3.8, 4) is 5.75 Å². The molecule has 0 aliphatic carbocycles. The van der Waals surface area contributed by atoms with Gasteiger partial charge in [-0.25, -0.2) is 0 Å². The van der Waals surface area contributed by atoms with Crippen LogP contribution in [0.4, 0.5) is 0 Å². The fourth-order valence-electron chi connectivity index (χ4n) is 1.80. The van der Waals surface area contributed by atoms with Crippen LogP contribution in [0.25, 0.3) is 12.3 Å². The number of benzene rings is 2. The van der Waals surface area contributed by atoms with Crippen LogP contribution in [0.1, 0.15) is 12.5 Å². The van der Waals surface area contributed by atoms with Gasteiger partial charge in [-0.05, 0) is 42.0 Å². The molecule has 0 amide bonds. The summed E-state index contributed by atoms with van der Waals surface area (Å²) in [6.45, 7) is 6.00. The van der Waals surface area contributed by atoms with Crippen LogP contribution in [-0.4, -0.2) is 13.3 Å². The normalized spacial score (nSPS) is 12.5. The van der Waals surface area contributed by atoms with Crippen molar-refractivity contribution in [2.75, 3.05) is 7.11 Å². The fourth-order valence-corrected chi connectivity index (χ4v) is 1.80. The largest absolute Gasteiger partial charge is 0.497 e. The Morgan fingerprint density at radius 2 is 1.79 bits per heavy atom. The van der Waals surface area contributed by atoms with E-state index in [4.69, 9.17) is 4.74 Å². The maximum absolute atomic E-state index is 5.12. The molecule has 2 rings (SSSR count). The van der Waals surface area contributed by atoms with Crippen molar-refractivity contribution in [1.29, 1.82) is 0 Å². The van der Waals surface area contributed by atoms with E-state index in [1.165, 1.54) is 0 Å². The molecule has 0 aliphatic heterocycles. The zero-order valence-electron chi connectivity index (χ0n) is 11.3. The second-order valence-electron chi connectivity index (χ2n) is 4.27. The SMILES string of the molecule is C=c1cccc/c1=C(\C)N=Cc1ccc(OC)cc1. The maximum atomic E-state index is 5.12. The highest BCUT2D eigenvalue weighted by Crippen LogP contribution is 2.10. The van der Waals surface area contributed by atoms with Gasteiger partial charge in [0.2, 0.25) is 0 Å². The molecule has 0 saturated carbocycles. The van der Waals surface area contributed by atoms with Crippen molar-refractivity contribution in [2.24, 2.45) is 4.99 Å². The van der Waals surface area contributed by atoms with Crippen LogP contribution in [0, 0.1) is 0 Å². The molecule has 0 unspecified atom stereocenters. The van der Waals surface area contributed by atoms with Crippen LogP contribution in [0.2, 0.25) is 0 Å². The second kappa shape index (κ2) is 6.01. The lowest BCUT2D eigenvalue weighted by atomic mass is 10.2. The smallest absolute Gasteiger partial charge is 0.118 e. The minimum Gasteiger partial charge on any atom is -0.497 e. The van der Waals surface area contributed by atoms with Gasteiger partial charge in [0.15, 0.2) is 0 Å². The maximum Gasteiger partial charge on any atom is 0.118 e. The Morgan fingerprint density at radius 1 is 1.11 bits per heavy atom. The molecule has 0 radical (unpaired) electrons. The van der Waals surface area contributed by atoms with Crippen molar-refractivity contribution in [3.63, 3.8) is 0 Å². The first-order valence-corrected chi connectivity index (χ1v) is 6.14. The zero-order chi connectivity index (χ0) is 13.7. The van der Waals surface area contributed by atoms with Crippen molar-refractivity contribution in [1.82, 2.24) is 0 Å². The number of hydrogen-bond donors (Lipinski definition) is 0. The lowest BCUT2D eigenvalue weighted by Gasteiger charge is -1.99. The molecule has 0 fully saturated rings. The van der Waals surface area contributed by atoms with E-state index in [-0.39, 0.29) is 0 Å². The summed E-state index contributed by atoms with van der Waals surface area (Å²) in [6.07, 6.45) is 1.85. The first-order valence-electron chi connectivity index (χ1n) is 6.14. The monoisotopic (exact) mass is 251 g/mol. The highest BCUT2D eigenvalue weighted by molar-refractivity contribution is 5.82. The van der Waals surface area contributed by atoms with E-state index in [0.717, 1.165) is 27.4 Å². The second-order valence-corrected chi connectivity index (χ2v) is 4.27. The van der Waals surface area contributed by atoms with Crippen LogP contribution in [0.5, 0.6) is 5.75 Å². The molecule has 0 N–H and O–H groups in total. The molecule has 0 atom stereocenters. The quantitative estimate of drug-likeness (QED) is 0.767. The minimum atomic E-state index is 0.848.